The lowest BCUT2D eigenvalue weighted by molar-refractivity contribution is 0.0994. The first-order valence-electron chi connectivity index (χ1n) is 7.53. The molecule has 1 N–H and O–H groups in total. The van der Waals surface area contributed by atoms with Crippen molar-refractivity contribution in [2.75, 3.05) is 16.7 Å². The van der Waals surface area contributed by atoms with Gasteiger partial charge in [-0.1, -0.05) is 41.8 Å². The van der Waals surface area contributed by atoms with Gasteiger partial charge in [-0.15, -0.1) is 10.2 Å². The Bertz CT molecular complexity index is 819. The van der Waals surface area contributed by atoms with Crippen LogP contribution in [0.15, 0.2) is 32.9 Å². The average molecular weight is 418 g/mol. The number of nitrogens with one attached hydrogen (secondary N) is 1. The molecule has 0 aliphatic rings. The molecule has 0 spiro atoms. The van der Waals surface area contributed by atoms with Gasteiger partial charge in [0, 0.05) is 17.0 Å². The lowest BCUT2D eigenvalue weighted by Crippen LogP contribution is -2.14. The highest BCUT2D eigenvalue weighted by Crippen LogP contribution is 2.32. The first kappa shape index (κ1) is 20.2. The van der Waals surface area contributed by atoms with Crippen molar-refractivity contribution in [1.82, 2.24) is 10.2 Å². The maximum absolute atomic E-state index is 12.5. The molecule has 2 rings (SSSR count). The van der Waals surface area contributed by atoms with Crippen LogP contribution in [0.1, 0.15) is 30.6 Å². The van der Waals surface area contributed by atoms with Gasteiger partial charge in [-0.2, -0.15) is 0 Å². The second kappa shape index (κ2) is 9.02. The van der Waals surface area contributed by atoms with Gasteiger partial charge in [0.25, 0.3) is 0 Å². The van der Waals surface area contributed by atoms with E-state index in [4.69, 9.17) is 0 Å². The molecule has 1 aromatic heterocycles. The number of carbonyl (C=O) groups excluding carboxylic acids is 1. The number of hydrogen-bond donors (Lipinski definition) is 1. The summed E-state index contributed by atoms with van der Waals surface area (Å²) in [5, 5.41) is 7.94. The smallest absolute Gasteiger partial charge is 0.229 e. The number of anilines is 1. The SMILES string of the molecule is CCCSc1nnc(SC(C)C(=O)c2ccc(NS(C)(=O)=O)cc2)s1. The molecule has 136 valence electrons. The maximum atomic E-state index is 12.5. The molecule has 0 fully saturated rings. The summed E-state index contributed by atoms with van der Waals surface area (Å²) in [7, 11) is -3.33. The van der Waals surface area contributed by atoms with Gasteiger partial charge < -0.3 is 0 Å². The Morgan fingerprint density at radius 2 is 1.88 bits per heavy atom. The highest BCUT2D eigenvalue weighted by molar-refractivity contribution is 8.04. The summed E-state index contributed by atoms with van der Waals surface area (Å²) in [5.74, 6) is 0.968. The van der Waals surface area contributed by atoms with E-state index in [1.807, 2.05) is 6.92 Å². The number of thioether (sulfide) groups is 2. The molecule has 6 nitrogen and oxygen atoms in total. The van der Waals surface area contributed by atoms with E-state index in [-0.39, 0.29) is 11.0 Å². The normalized spacial score (nSPS) is 12.8. The lowest BCUT2D eigenvalue weighted by Gasteiger charge is -2.09. The monoisotopic (exact) mass is 417 g/mol. The third-order valence-electron chi connectivity index (χ3n) is 2.94. The van der Waals surface area contributed by atoms with Crippen LogP contribution >= 0.6 is 34.9 Å². The van der Waals surface area contributed by atoms with Gasteiger partial charge in [-0.25, -0.2) is 8.42 Å². The van der Waals surface area contributed by atoms with E-state index >= 15 is 0 Å². The summed E-state index contributed by atoms with van der Waals surface area (Å²) >= 11 is 4.55. The number of rotatable bonds is 9. The van der Waals surface area contributed by atoms with Crippen molar-refractivity contribution in [2.45, 2.75) is 34.2 Å². The minimum atomic E-state index is -3.33. The lowest BCUT2D eigenvalue weighted by atomic mass is 10.1. The zero-order valence-electron chi connectivity index (χ0n) is 14.1. The zero-order valence-corrected chi connectivity index (χ0v) is 17.3. The number of ketones is 1. The fraction of sp³-hybridized carbons (Fsp3) is 0.400. The first-order chi connectivity index (χ1) is 11.8. The molecule has 1 atom stereocenters. The van der Waals surface area contributed by atoms with Crippen LogP contribution in [0.4, 0.5) is 5.69 Å². The number of aromatic nitrogens is 2. The highest BCUT2D eigenvalue weighted by atomic mass is 32.2. The third-order valence-corrected chi connectivity index (χ3v) is 6.99. The van der Waals surface area contributed by atoms with Crippen molar-refractivity contribution in [1.29, 1.82) is 0 Å². The minimum absolute atomic E-state index is 0.0335. The van der Waals surface area contributed by atoms with Gasteiger partial charge >= 0.3 is 0 Å². The van der Waals surface area contributed by atoms with Crippen LogP contribution in [0, 0.1) is 0 Å². The summed E-state index contributed by atoms with van der Waals surface area (Å²) in [6, 6.07) is 6.40. The van der Waals surface area contributed by atoms with Crippen molar-refractivity contribution < 1.29 is 13.2 Å². The molecular weight excluding hydrogens is 398 g/mol. The Morgan fingerprint density at radius 3 is 2.48 bits per heavy atom. The van der Waals surface area contributed by atoms with Crippen molar-refractivity contribution in [3.8, 4) is 0 Å². The Balaban J connectivity index is 1.98. The fourth-order valence-corrected chi connectivity index (χ4v) is 5.58. The molecule has 25 heavy (non-hydrogen) atoms. The maximum Gasteiger partial charge on any atom is 0.229 e. The van der Waals surface area contributed by atoms with Crippen molar-refractivity contribution in [2.24, 2.45) is 0 Å². The number of carbonyl (C=O) groups is 1. The van der Waals surface area contributed by atoms with Crippen molar-refractivity contribution in [3.05, 3.63) is 29.8 Å². The predicted molar refractivity (Wildman–Crippen MR) is 105 cm³/mol. The topological polar surface area (TPSA) is 89.0 Å². The molecule has 0 saturated carbocycles. The molecule has 0 bridgehead atoms. The number of hydrogen-bond acceptors (Lipinski definition) is 8. The molecule has 0 saturated heterocycles. The van der Waals surface area contributed by atoms with Crippen LogP contribution in [0.5, 0.6) is 0 Å². The number of nitrogens with zero attached hydrogens (tertiary/aromatic N) is 2. The number of Topliss-reactive ketones (excluding diaryl/α,β-unsaturated/α-hetero) is 1. The van der Waals surface area contributed by atoms with Crippen molar-refractivity contribution >= 4 is 56.4 Å². The quantitative estimate of drug-likeness (QED) is 0.490. The molecule has 0 amide bonds. The average Bonchev–Trinajstić information content (AvgIpc) is 2.98. The first-order valence-corrected chi connectivity index (χ1v) is 12.1. The van der Waals surface area contributed by atoms with E-state index in [2.05, 4.69) is 21.8 Å². The Morgan fingerprint density at radius 1 is 1.24 bits per heavy atom. The van der Waals surface area contributed by atoms with E-state index in [9.17, 15) is 13.2 Å². The van der Waals surface area contributed by atoms with E-state index in [0.29, 0.717) is 11.3 Å². The second-order valence-corrected chi connectivity index (χ2v) is 10.9. The van der Waals surface area contributed by atoms with E-state index in [1.54, 1.807) is 36.0 Å². The summed E-state index contributed by atoms with van der Waals surface area (Å²) in [6.45, 7) is 3.94. The van der Waals surface area contributed by atoms with Gasteiger partial charge in [-0.05, 0) is 37.6 Å². The predicted octanol–water partition coefficient (Wildman–Crippen LogP) is 3.78. The summed E-state index contributed by atoms with van der Waals surface area (Å²) in [5.41, 5.74) is 0.963. The molecule has 1 unspecified atom stereocenters. The van der Waals surface area contributed by atoms with Crippen LogP contribution in [0.2, 0.25) is 0 Å². The second-order valence-electron chi connectivity index (χ2n) is 5.26. The van der Waals surface area contributed by atoms with Crippen LogP contribution < -0.4 is 4.72 Å². The van der Waals surface area contributed by atoms with Crippen LogP contribution in [-0.4, -0.2) is 41.7 Å². The van der Waals surface area contributed by atoms with Gasteiger partial charge in [0.15, 0.2) is 14.5 Å². The Kier molecular flexibility index (Phi) is 7.29. The molecule has 1 heterocycles. The summed E-state index contributed by atoms with van der Waals surface area (Å²) in [6.07, 6.45) is 2.16. The minimum Gasteiger partial charge on any atom is -0.293 e. The largest absolute Gasteiger partial charge is 0.293 e. The molecule has 0 aliphatic heterocycles. The Hall–Kier alpha value is -1.10. The zero-order chi connectivity index (χ0) is 18.4. The molecule has 10 heteroatoms. The summed E-state index contributed by atoms with van der Waals surface area (Å²) in [4.78, 5) is 12.5. The Labute approximate surface area is 160 Å². The van der Waals surface area contributed by atoms with Crippen LogP contribution in [0.25, 0.3) is 0 Å². The van der Waals surface area contributed by atoms with Gasteiger partial charge in [-0.3, -0.25) is 9.52 Å². The third kappa shape index (κ3) is 6.61. The van der Waals surface area contributed by atoms with Gasteiger partial charge in [0.2, 0.25) is 10.0 Å². The van der Waals surface area contributed by atoms with E-state index in [1.165, 1.54) is 23.1 Å². The van der Waals surface area contributed by atoms with Crippen LogP contribution in [0.3, 0.4) is 0 Å². The molecule has 2 aromatic rings. The standard InChI is InChI=1S/C15H19N3O3S4/c1-4-9-22-14-16-17-15(24-14)23-10(2)13(19)11-5-7-12(8-6-11)18-25(3,20)21/h5-8,10,18H,4,9H2,1-3H3. The number of sulfonamides is 1. The van der Waals surface area contributed by atoms with Gasteiger partial charge in [0.1, 0.15) is 0 Å². The fourth-order valence-electron chi connectivity index (χ4n) is 1.85. The molecule has 1 aromatic carbocycles. The van der Waals surface area contributed by atoms with Crippen LogP contribution in [-0.2, 0) is 10.0 Å². The van der Waals surface area contributed by atoms with Crippen molar-refractivity contribution in [3.63, 3.8) is 0 Å². The van der Waals surface area contributed by atoms with Gasteiger partial charge in [0.05, 0.1) is 11.5 Å². The summed E-state index contributed by atoms with van der Waals surface area (Å²) < 4.78 is 26.5. The van der Waals surface area contributed by atoms with E-state index < -0.39 is 10.0 Å². The highest BCUT2D eigenvalue weighted by Gasteiger charge is 2.19. The molecule has 0 aliphatic carbocycles. The molecule has 0 radical (unpaired) electrons. The van der Waals surface area contributed by atoms with E-state index in [0.717, 1.165) is 27.1 Å². The number of benzene rings is 1. The molecular formula is C15H19N3O3S4.